The average molecular weight is 446 g/mol. The Kier molecular flexibility index (Phi) is 6.74. The lowest BCUT2D eigenvalue weighted by atomic mass is 9.97. The van der Waals surface area contributed by atoms with Gasteiger partial charge in [-0.15, -0.1) is 0 Å². The molecule has 1 heterocycles. The first kappa shape index (κ1) is 22.6. The van der Waals surface area contributed by atoms with Crippen LogP contribution < -0.4 is 5.32 Å². The summed E-state index contributed by atoms with van der Waals surface area (Å²) in [5.74, 6) is 0.645. The van der Waals surface area contributed by atoms with Crippen molar-refractivity contribution in [3.05, 3.63) is 64.7 Å². The number of alkyl halides is 3. The van der Waals surface area contributed by atoms with Gasteiger partial charge in [0.2, 0.25) is 5.91 Å². The van der Waals surface area contributed by atoms with Gasteiger partial charge in [-0.3, -0.25) is 9.69 Å². The summed E-state index contributed by atoms with van der Waals surface area (Å²) in [4.78, 5) is 16.8. The number of halogens is 3. The summed E-state index contributed by atoms with van der Waals surface area (Å²) in [6.07, 6.45) is -0.813. The number of rotatable bonds is 8. The van der Waals surface area contributed by atoms with Crippen molar-refractivity contribution in [2.75, 3.05) is 31.5 Å². The number of fused-ring (bicyclic) bond motifs is 1. The molecule has 2 aromatic rings. The van der Waals surface area contributed by atoms with E-state index < -0.39 is 11.7 Å². The van der Waals surface area contributed by atoms with Crippen LogP contribution in [-0.2, 0) is 30.5 Å². The molecular weight excluding hydrogens is 415 g/mol. The number of amides is 1. The van der Waals surface area contributed by atoms with Crippen LogP contribution in [0.4, 0.5) is 18.9 Å². The molecule has 1 fully saturated rings. The fourth-order valence-corrected chi connectivity index (χ4v) is 4.45. The SMILES string of the molecule is CCN(Cc1ccccc1C(F)(F)F)C(=O)CNc1cccc2c1CCN(CC1CC1)C2. The summed E-state index contributed by atoms with van der Waals surface area (Å²) < 4.78 is 39.9. The summed E-state index contributed by atoms with van der Waals surface area (Å²) in [7, 11) is 0. The van der Waals surface area contributed by atoms with Crippen molar-refractivity contribution in [1.82, 2.24) is 9.80 Å². The molecule has 4 rings (SSSR count). The first-order valence-corrected chi connectivity index (χ1v) is 11.3. The maximum absolute atomic E-state index is 13.3. The number of carbonyl (C=O) groups is 1. The van der Waals surface area contributed by atoms with Crippen LogP contribution in [0.2, 0.25) is 0 Å². The maximum atomic E-state index is 13.3. The summed E-state index contributed by atoms with van der Waals surface area (Å²) in [6.45, 7) is 5.25. The Bertz CT molecular complexity index is 956. The van der Waals surface area contributed by atoms with Crippen molar-refractivity contribution in [1.29, 1.82) is 0 Å². The number of nitrogens with one attached hydrogen (secondary N) is 1. The molecule has 32 heavy (non-hydrogen) atoms. The number of carbonyl (C=O) groups excluding carboxylic acids is 1. The van der Waals surface area contributed by atoms with Crippen LogP contribution >= 0.6 is 0 Å². The van der Waals surface area contributed by atoms with E-state index in [1.165, 1.54) is 47.5 Å². The molecule has 4 nitrogen and oxygen atoms in total. The average Bonchev–Trinajstić information content (AvgIpc) is 3.59. The van der Waals surface area contributed by atoms with Gasteiger partial charge < -0.3 is 10.2 Å². The molecule has 0 bridgehead atoms. The highest BCUT2D eigenvalue weighted by Gasteiger charge is 2.33. The van der Waals surface area contributed by atoms with Gasteiger partial charge in [-0.05, 0) is 60.9 Å². The zero-order valence-corrected chi connectivity index (χ0v) is 18.4. The molecule has 1 N–H and O–H groups in total. The highest BCUT2D eigenvalue weighted by atomic mass is 19.4. The van der Waals surface area contributed by atoms with Crippen LogP contribution in [0, 0.1) is 5.92 Å². The van der Waals surface area contributed by atoms with E-state index >= 15 is 0 Å². The minimum Gasteiger partial charge on any atom is -0.376 e. The predicted octanol–water partition coefficient (Wildman–Crippen LogP) is 4.93. The van der Waals surface area contributed by atoms with Gasteiger partial charge in [0.15, 0.2) is 0 Å². The molecule has 2 aliphatic rings. The minimum atomic E-state index is -4.44. The first-order chi connectivity index (χ1) is 15.3. The standard InChI is InChI=1S/C25H30F3N3O/c1-2-31(17-20-6-3-4-8-22(20)25(26,27)28)24(32)14-29-23-9-5-7-19-16-30(13-12-21(19)23)15-18-10-11-18/h3-9,18,29H,2,10-17H2,1H3. The van der Waals surface area contributed by atoms with Gasteiger partial charge in [0.05, 0.1) is 12.1 Å². The normalized spacial score (nSPS) is 16.5. The van der Waals surface area contributed by atoms with Gasteiger partial charge in [-0.2, -0.15) is 13.2 Å². The van der Waals surface area contributed by atoms with E-state index in [0.717, 1.165) is 37.2 Å². The Balaban J connectivity index is 1.39. The molecule has 1 aliphatic heterocycles. The fourth-order valence-electron chi connectivity index (χ4n) is 4.45. The van der Waals surface area contributed by atoms with Gasteiger partial charge in [0.25, 0.3) is 0 Å². The number of hydrogen-bond acceptors (Lipinski definition) is 3. The zero-order chi connectivity index (χ0) is 22.7. The molecular formula is C25H30F3N3O. The van der Waals surface area contributed by atoms with Crippen LogP contribution in [0.3, 0.4) is 0 Å². The van der Waals surface area contributed by atoms with Crippen LogP contribution in [-0.4, -0.2) is 41.9 Å². The second-order valence-electron chi connectivity index (χ2n) is 8.79. The molecule has 1 aliphatic carbocycles. The molecule has 7 heteroatoms. The minimum absolute atomic E-state index is 0.0598. The van der Waals surface area contributed by atoms with Crippen molar-refractivity contribution in [3.8, 4) is 0 Å². The number of benzene rings is 2. The van der Waals surface area contributed by atoms with E-state index in [-0.39, 0.29) is 24.6 Å². The molecule has 172 valence electrons. The van der Waals surface area contributed by atoms with Gasteiger partial charge >= 0.3 is 6.18 Å². The van der Waals surface area contributed by atoms with Crippen LogP contribution in [0.5, 0.6) is 0 Å². The lowest BCUT2D eigenvalue weighted by Crippen LogP contribution is -2.36. The summed E-state index contributed by atoms with van der Waals surface area (Å²) in [5.41, 5.74) is 2.92. The van der Waals surface area contributed by atoms with Gasteiger partial charge in [0, 0.05) is 38.4 Å². The van der Waals surface area contributed by atoms with Crippen LogP contribution in [0.25, 0.3) is 0 Å². The van der Waals surface area contributed by atoms with E-state index in [1.807, 2.05) is 12.1 Å². The van der Waals surface area contributed by atoms with E-state index in [0.29, 0.717) is 6.54 Å². The third kappa shape index (κ3) is 5.44. The largest absolute Gasteiger partial charge is 0.416 e. The highest BCUT2D eigenvalue weighted by Crippen LogP contribution is 2.34. The molecule has 0 spiro atoms. The van der Waals surface area contributed by atoms with E-state index in [9.17, 15) is 18.0 Å². The molecule has 1 amide bonds. The lowest BCUT2D eigenvalue weighted by Gasteiger charge is -2.30. The fraction of sp³-hybridized carbons (Fsp3) is 0.480. The quantitative estimate of drug-likeness (QED) is 0.626. The Morgan fingerprint density at radius 3 is 2.66 bits per heavy atom. The van der Waals surface area contributed by atoms with Crippen molar-refractivity contribution >= 4 is 11.6 Å². The Hall–Kier alpha value is -2.54. The third-order valence-electron chi connectivity index (χ3n) is 6.41. The van der Waals surface area contributed by atoms with Crippen molar-refractivity contribution in [2.24, 2.45) is 5.92 Å². The van der Waals surface area contributed by atoms with Crippen molar-refractivity contribution < 1.29 is 18.0 Å². The smallest absolute Gasteiger partial charge is 0.376 e. The summed E-state index contributed by atoms with van der Waals surface area (Å²) in [5, 5.41) is 3.25. The second kappa shape index (κ2) is 9.53. The van der Waals surface area contributed by atoms with Crippen molar-refractivity contribution in [2.45, 2.75) is 45.5 Å². The van der Waals surface area contributed by atoms with E-state index in [1.54, 1.807) is 13.0 Å². The topological polar surface area (TPSA) is 35.6 Å². The third-order valence-corrected chi connectivity index (χ3v) is 6.41. The Morgan fingerprint density at radius 2 is 1.94 bits per heavy atom. The Morgan fingerprint density at radius 1 is 1.16 bits per heavy atom. The molecule has 0 unspecified atom stereocenters. The molecule has 0 atom stereocenters. The number of hydrogen-bond donors (Lipinski definition) is 1. The van der Waals surface area contributed by atoms with Gasteiger partial charge in [-0.25, -0.2) is 0 Å². The second-order valence-corrected chi connectivity index (χ2v) is 8.79. The summed E-state index contributed by atoms with van der Waals surface area (Å²) >= 11 is 0. The zero-order valence-electron chi connectivity index (χ0n) is 18.4. The van der Waals surface area contributed by atoms with Gasteiger partial charge in [0.1, 0.15) is 0 Å². The summed E-state index contributed by atoms with van der Waals surface area (Å²) in [6, 6.07) is 11.6. The van der Waals surface area contributed by atoms with E-state index in [4.69, 9.17) is 0 Å². The molecule has 0 aromatic heterocycles. The first-order valence-electron chi connectivity index (χ1n) is 11.3. The molecule has 2 aromatic carbocycles. The number of anilines is 1. The number of likely N-dealkylation sites (N-methyl/N-ethyl adjacent to an activating group) is 1. The maximum Gasteiger partial charge on any atom is 0.416 e. The molecule has 1 saturated carbocycles. The van der Waals surface area contributed by atoms with Crippen LogP contribution in [0.1, 0.15) is 42.0 Å². The van der Waals surface area contributed by atoms with Crippen LogP contribution in [0.15, 0.2) is 42.5 Å². The predicted molar refractivity (Wildman–Crippen MR) is 119 cm³/mol. The molecule has 0 radical (unpaired) electrons. The monoisotopic (exact) mass is 445 g/mol. The molecule has 0 saturated heterocycles. The lowest BCUT2D eigenvalue weighted by molar-refractivity contribution is -0.139. The van der Waals surface area contributed by atoms with Crippen molar-refractivity contribution in [3.63, 3.8) is 0 Å². The van der Waals surface area contributed by atoms with Gasteiger partial charge in [-0.1, -0.05) is 30.3 Å². The highest BCUT2D eigenvalue weighted by molar-refractivity contribution is 5.81. The number of nitrogens with zero attached hydrogens (tertiary/aromatic N) is 2. The Labute approximate surface area is 187 Å². The van der Waals surface area contributed by atoms with E-state index in [2.05, 4.69) is 16.3 Å².